The highest BCUT2D eigenvalue weighted by Crippen LogP contribution is 2.41. The summed E-state index contributed by atoms with van der Waals surface area (Å²) in [6.45, 7) is 1.64. The second kappa shape index (κ2) is 5.31. The van der Waals surface area contributed by atoms with Crippen molar-refractivity contribution in [3.05, 3.63) is 34.8 Å². The second-order valence-electron chi connectivity index (χ2n) is 5.53. The highest BCUT2D eigenvalue weighted by atomic mass is 32.1. The van der Waals surface area contributed by atoms with Crippen LogP contribution in [0.3, 0.4) is 0 Å². The van der Waals surface area contributed by atoms with E-state index in [4.69, 9.17) is 9.72 Å². The predicted octanol–water partition coefficient (Wildman–Crippen LogP) is 3.43. The molecular formula is C16H18N2O2S. The Balaban J connectivity index is 1.76. The molecule has 5 heteroatoms. The van der Waals surface area contributed by atoms with Crippen LogP contribution in [0.2, 0.25) is 0 Å². The monoisotopic (exact) mass is 302 g/mol. The van der Waals surface area contributed by atoms with Crippen molar-refractivity contribution in [1.29, 1.82) is 0 Å². The fourth-order valence-electron chi connectivity index (χ4n) is 3.02. The number of aliphatic hydroxyl groups is 1. The van der Waals surface area contributed by atoms with Gasteiger partial charge in [0.05, 0.1) is 24.1 Å². The van der Waals surface area contributed by atoms with Crippen LogP contribution in [-0.4, -0.2) is 23.2 Å². The third-order valence-corrected chi connectivity index (χ3v) is 5.24. The highest BCUT2D eigenvalue weighted by molar-refractivity contribution is 7.15. The Bertz CT molecular complexity index is 655. The van der Waals surface area contributed by atoms with Crippen molar-refractivity contribution >= 4 is 22.2 Å². The van der Waals surface area contributed by atoms with Gasteiger partial charge in [0.15, 0.2) is 5.13 Å². The molecule has 21 heavy (non-hydrogen) atoms. The molecule has 110 valence electrons. The topological polar surface area (TPSA) is 45.6 Å². The molecule has 4 nitrogen and oxygen atoms in total. The van der Waals surface area contributed by atoms with Crippen LogP contribution < -0.4 is 9.64 Å². The molecular weight excluding hydrogens is 284 g/mol. The molecule has 0 radical (unpaired) electrons. The SMILES string of the molecule is OC1CCCc2sc(N3CCCOc4ccccc43)nc21. The first-order chi connectivity index (χ1) is 10.3. The highest BCUT2D eigenvalue weighted by Gasteiger charge is 2.26. The lowest BCUT2D eigenvalue weighted by molar-refractivity contribution is 0.153. The Morgan fingerprint density at radius 1 is 1.29 bits per heavy atom. The van der Waals surface area contributed by atoms with E-state index in [2.05, 4.69) is 11.0 Å². The number of aliphatic hydroxyl groups excluding tert-OH is 1. The van der Waals surface area contributed by atoms with Gasteiger partial charge in [-0.2, -0.15) is 0 Å². The first-order valence-electron chi connectivity index (χ1n) is 7.50. The number of rotatable bonds is 1. The molecule has 1 aliphatic heterocycles. The first-order valence-corrected chi connectivity index (χ1v) is 8.31. The summed E-state index contributed by atoms with van der Waals surface area (Å²) >= 11 is 1.72. The van der Waals surface area contributed by atoms with Gasteiger partial charge >= 0.3 is 0 Å². The Labute approximate surface area is 128 Å². The average molecular weight is 302 g/mol. The van der Waals surface area contributed by atoms with E-state index in [0.29, 0.717) is 0 Å². The molecule has 1 aromatic heterocycles. The number of nitrogens with zero attached hydrogens (tertiary/aromatic N) is 2. The summed E-state index contributed by atoms with van der Waals surface area (Å²) in [6, 6.07) is 8.12. The molecule has 2 heterocycles. The van der Waals surface area contributed by atoms with E-state index in [9.17, 15) is 5.11 Å². The maximum atomic E-state index is 10.1. The molecule has 1 aromatic carbocycles. The zero-order chi connectivity index (χ0) is 14.2. The van der Waals surface area contributed by atoms with Gasteiger partial charge in [0.2, 0.25) is 0 Å². The van der Waals surface area contributed by atoms with Crippen LogP contribution in [0.25, 0.3) is 0 Å². The minimum Gasteiger partial charge on any atom is -0.491 e. The van der Waals surface area contributed by atoms with E-state index in [-0.39, 0.29) is 0 Å². The molecule has 0 saturated heterocycles. The summed E-state index contributed by atoms with van der Waals surface area (Å²) in [7, 11) is 0. The lowest BCUT2D eigenvalue weighted by Gasteiger charge is -2.20. The van der Waals surface area contributed by atoms with E-state index in [1.54, 1.807) is 11.3 Å². The number of aryl methyl sites for hydroxylation is 1. The normalized spacial score (nSPS) is 21.2. The van der Waals surface area contributed by atoms with E-state index in [1.165, 1.54) is 4.88 Å². The smallest absolute Gasteiger partial charge is 0.190 e. The number of hydrogen-bond donors (Lipinski definition) is 1. The van der Waals surface area contributed by atoms with Crippen molar-refractivity contribution in [3.8, 4) is 5.75 Å². The standard InChI is InChI=1S/C16H18N2O2S/c19-12-6-3-8-14-15(12)17-16(21-14)18-9-4-10-20-13-7-2-1-5-11(13)18/h1-2,5,7,12,19H,3-4,6,8-10H2. The molecule has 2 aromatic rings. The molecule has 4 rings (SSSR count). The Morgan fingerprint density at radius 2 is 2.19 bits per heavy atom. The van der Waals surface area contributed by atoms with E-state index in [0.717, 1.165) is 61.1 Å². The molecule has 1 atom stereocenters. The van der Waals surface area contributed by atoms with Gasteiger partial charge in [-0.1, -0.05) is 12.1 Å². The van der Waals surface area contributed by atoms with Gasteiger partial charge in [-0.25, -0.2) is 4.98 Å². The van der Waals surface area contributed by atoms with Crippen LogP contribution in [0.5, 0.6) is 5.75 Å². The van der Waals surface area contributed by atoms with Gasteiger partial charge in [0.1, 0.15) is 5.75 Å². The molecule has 0 bridgehead atoms. The molecule has 1 N–H and O–H groups in total. The van der Waals surface area contributed by atoms with Crippen molar-refractivity contribution in [3.63, 3.8) is 0 Å². The fourth-order valence-corrected chi connectivity index (χ4v) is 4.22. The Kier molecular flexibility index (Phi) is 3.31. The molecule has 1 unspecified atom stereocenters. The molecule has 0 fully saturated rings. The zero-order valence-corrected chi connectivity index (χ0v) is 12.6. The number of anilines is 2. The van der Waals surface area contributed by atoms with Crippen molar-refractivity contribution in [1.82, 2.24) is 4.98 Å². The van der Waals surface area contributed by atoms with Crippen molar-refractivity contribution in [2.24, 2.45) is 0 Å². The first kappa shape index (κ1) is 13.1. The molecule has 0 saturated carbocycles. The molecule has 1 aliphatic carbocycles. The number of para-hydroxylation sites is 2. The lowest BCUT2D eigenvalue weighted by atomic mass is 10.0. The van der Waals surface area contributed by atoms with E-state index in [1.807, 2.05) is 18.2 Å². The summed E-state index contributed by atoms with van der Waals surface area (Å²) in [6.07, 6.45) is 3.50. The molecule has 2 aliphatic rings. The number of hydrogen-bond acceptors (Lipinski definition) is 5. The largest absolute Gasteiger partial charge is 0.491 e. The minimum absolute atomic E-state index is 0.391. The number of fused-ring (bicyclic) bond motifs is 2. The maximum Gasteiger partial charge on any atom is 0.190 e. The quantitative estimate of drug-likeness (QED) is 0.876. The summed E-state index contributed by atoms with van der Waals surface area (Å²) in [5.41, 5.74) is 1.97. The number of aromatic nitrogens is 1. The second-order valence-corrected chi connectivity index (χ2v) is 6.60. The van der Waals surface area contributed by atoms with Crippen LogP contribution in [0, 0.1) is 0 Å². The summed E-state index contributed by atoms with van der Waals surface area (Å²) < 4.78 is 5.81. The maximum absolute atomic E-state index is 10.1. The third-order valence-electron chi connectivity index (χ3n) is 4.08. The predicted molar refractivity (Wildman–Crippen MR) is 83.6 cm³/mol. The molecule has 0 amide bonds. The van der Waals surface area contributed by atoms with Crippen molar-refractivity contribution < 1.29 is 9.84 Å². The van der Waals surface area contributed by atoms with Crippen LogP contribution in [0.1, 0.15) is 35.9 Å². The van der Waals surface area contributed by atoms with Crippen molar-refractivity contribution in [2.75, 3.05) is 18.1 Å². The number of ether oxygens (including phenoxy) is 1. The zero-order valence-electron chi connectivity index (χ0n) is 11.8. The van der Waals surface area contributed by atoms with Gasteiger partial charge < -0.3 is 14.7 Å². The van der Waals surface area contributed by atoms with Gasteiger partial charge in [-0.15, -0.1) is 11.3 Å². The Hall–Kier alpha value is -1.59. The summed E-state index contributed by atoms with van der Waals surface area (Å²) in [5.74, 6) is 0.920. The number of thiazole rings is 1. The minimum atomic E-state index is -0.391. The van der Waals surface area contributed by atoms with Crippen LogP contribution in [-0.2, 0) is 6.42 Å². The summed E-state index contributed by atoms with van der Waals surface area (Å²) in [5, 5.41) is 11.1. The van der Waals surface area contributed by atoms with E-state index < -0.39 is 6.10 Å². The van der Waals surface area contributed by atoms with Gasteiger partial charge in [-0.05, 0) is 37.8 Å². The average Bonchev–Trinajstić information content (AvgIpc) is 2.82. The lowest BCUT2D eigenvalue weighted by Crippen LogP contribution is -2.17. The van der Waals surface area contributed by atoms with Crippen LogP contribution >= 0.6 is 11.3 Å². The van der Waals surface area contributed by atoms with Gasteiger partial charge in [0.25, 0.3) is 0 Å². The van der Waals surface area contributed by atoms with Gasteiger partial charge in [-0.3, -0.25) is 0 Å². The Morgan fingerprint density at radius 3 is 3.10 bits per heavy atom. The van der Waals surface area contributed by atoms with Crippen LogP contribution in [0.4, 0.5) is 10.8 Å². The van der Waals surface area contributed by atoms with Crippen molar-refractivity contribution in [2.45, 2.75) is 31.8 Å². The van der Waals surface area contributed by atoms with E-state index >= 15 is 0 Å². The fraction of sp³-hybridized carbons (Fsp3) is 0.438. The third kappa shape index (κ3) is 2.30. The summed E-state index contributed by atoms with van der Waals surface area (Å²) in [4.78, 5) is 8.21. The van der Waals surface area contributed by atoms with Gasteiger partial charge in [0, 0.05) is 11.4 Å². The van der Waals surface area contributed by atoms with Crippen LogP contribution in [0.15, 0.2) is 24.3 Å². The molecule has 0 spiro atoms. The number of benzene rings is 1.